The molecule has 3 heteroatoms. The van der Waals surface area contributed by atoms with Gasteiger partial charge in [-0.1, -0.05) is 38.5 Å². The standard InChI is InChI=1S/C17H25F2N/c1-20-17(10-13-6-4-2-3-5-7-13)11-14-8-15(18)12-16(19)9-14/h8-9,12-13,17,20H,2-7,10-11H2,1H3. The van der Waals surface area contributed by atoms with Crippen molar-refractivity contribution in [1.29, 1.82) is 0 Å². The summed E-state index contributed by atoms with van der Waals surface area (Å²) in [4.78, 5) is 0. The summed E-state index contributed by atoms with van der Waals surface area (Å²) in [6.07, 6.45) is 9.78. The molecule has 0 bridgehead atoms. The molecule has 1 unspecified atom stereocenters. The van der Waals surface area contributed by atoms with Crippen LogP contribution in [-0.4, -0.2) is 13.1 Å². The van der Waals surface area contributed by atoms with Gasteiger partial charge in [-0.3, -0.25) is 0 Å². The highest BCUT2D eigenvalue weighted by Gasteiger charge is 2.18. The lowest BCUT2D eigenvalue weighted by atomic mass is 9.90. The van der Waals surface area contributed by atoms with E-state index >= 15 is 0 Å². The van der Waals surface area contributed by atoms with E-state index in [1.54, 1.807) is 0 Å². The minimum Gasteiger partial charge on any atom is -0.317 e. The Morgan fingerprint density at radius 1 is 1.05 bits per heavy atom. The fraction of sp³-hybridized carbons (Fsp3) is 0.647. The maximum absolute atomic E-state index is 13.2. The quantitative estimate of drug-likeness (QED) is 0.786. The summed E-state index contributed by atoms with van der Waals surface area (Å²) in [6.45, 7) is 0. The van der Waals surface area contributed by atoms with Gasteiger partial charge in [0.2, 0.25) is 0 Å². The molecule has 20 heavy (non-hydrogen) atoms. The van der Waals surface area contributed by atoms with Gasteiger partial charge < -0.3 is 5.32 Å². The van der Waals surface area contributed by atoms with Crippen LogP contribution in [0.3, 0.4) is 0 Å². The molecule has 1 aliphatic rings. The van der Waals surface area contributed by atoms with Crippen LogP contribution in [0.15, 0.2) is 18.2 Å². The van der Waals surface area contributed by atoms with Crippen molar-refractivity contribution in [2.45, 2.75) is 57.4 Å². The van der Waals surface area contributed by atoms with Crippen molar-refractivity contribution in [3.8, 4) is 0 Å². The van der Waals surface area contributed by atoms with Crippen LogP contribution in [0, 0.1) is 17.6 Å². The van der Waals surface area contributed by atoms with E-state index < -0.39 is 11.6 Å². The molecule has 1 aromatic carbocycles. The van der Waals surface area contributed by atoms with Gasteiger partial charge in [-0.25, -0.2) is 8.78 Å². The fourth-order valence-electron chi connectivity index (χ4n) is 3.32. The molecule has 1 nitrogen and oxygen atoms in total. The lowest BCUT2D eigenvalue weighted by molar-refractivity contribution is 0.361. The molecule has 1 N–H and O–H groups in total. The summed E-state index contributed by atoms with van der Waals surface area (Å²) in [7, 11) is 1.94. The largest absolute Gasteiger partial charge is 0.317 e. The lowest BCUT2D eigenvalue weighted by Gasteiger charge is -2.22. The summed E-state index contributed by atoms with van der Waals surface area (Å²) in [5, 5.41) is 3.31. The third-order valence-electron chi connectivity index (χ3n) is 4.41. The number of benzene rings is 1. The van der Waals surface area contributed by atoms with Crippen LogP contribution in [0.5, 0.6) is 0 Å². The van der Waals surface area contributed by atoms with Gasteiger partial charge in [0.25, 0.3) is 0 Å². The van der Waals surface area contributed by atoms with Gasteiger partial charge in [-0.15, -0.1) is 0 Å². The number of hydrogen-bond donors (Lipinski definition) is 1. The predicted molar refractivity (Wildman–Crippen MR) is 78.7 cm³/mol. The Hall–Kier alpha value is -0.960. The van der Waals surface area contributed by atoms with Crippen molar-refractivity contribution in [1.82, 2.24) is 5.32 Å². The van der Waals surface area contributed by atoms with Crippen LogP contribution in [-0.2, 0) is 6.42 Å². The Bertz CT molecular complexity index is 391. The first-order valence-corrected chi connectivity index (χ1v) is 7.79. The van der Waals surface area contributed by atoms with Gasteiger partial charge >= 0.3 is 0 Å². The number of nitrogens with one attached hydrogen (secondary N) is 1. The molecule has 1 atom stereocenters. The molecular formula is C17H25F2N. The first-order chi connectivity index (χ1) is 9.67. The number of likely N-dealkylation sites (N-methyl/N-ethyl adjacent to an activating group) is 1. The van der Waals surface area contributed by atoms with Crippen LogP contribution in [0.4, 0.5) is 8.78 Å². The van der Waals surface area contributed by atoms with Crippen molar-refractivity contribution in [2.75, 3.05) is 7.05 Å². The van der Waals surface area contributed by atoms with Crippen LogP contribution in [0.25, 0.3) is 0 Å². The Morgan fingerprint density at radius 2 is 1.65 bits per heavy atom. The summed E-state index contributed by atoms with van der Waals surface area (Å²) < 4.78 is 26.5. The van der Waals surface area contributed by atoms with Gasteiger partial charge in [0, 0.05) is 12.1 Å². The fourth-order valence-corrected chi connectivity index (χ4v) is 3.32. The molecule has 0 amide bonds. The second-order valence-electron chi connectivity index (χ2n) is 6.06. The van der Waals surface area contributed by atoms with Gasteiger partial charge in [0.05, 0.1) is 0 Å². The smallest absolute Gasteiger partial charge is 0.126 e. The van der Waals surface area contributed by atoms with Crippen LogP contribution < -0.4 is 5.32 Å². The van der Waals surface area contributed by atoms with Gasteiger partial charge in [0.1, 0.15) is 11.6 Å². The Kier molecular flexibility index (Phi) is 5.96. The van der Waals surface area contributed by atoms with E-state index in [4.69, 9.17) is 0 Å². The first kappa shape index (κ1) is 15.4. The second-order valence-corrected chi connectivity index (χ2v) is 6.06. The highest BCUT2D eigenvalue weighted by molar-refractivity contribution is 5.19. The topological polar surface area (TPSA) is 12.0 Å². The third-order valence-corrected chi connectivity index (χ3v) is 4.41. The lowest BCUT2D eigenvalue weighted by Crippen LogP contribution is -2.30. The molecule has 1 fully saturated rings. The minimum absolute atomic E-state index is 0.305. The molecule has 0 heterocycles. The minimum atomic E-state index is -0.482. The van der Waals surface area contributed by atoms with Crippen LogP contribution >= 0.6 is 0 Å². The van der Waals surface area contributed by atoms with Gasteiger partial charge in [0.15, 0.2) is 0 Å². The molecular weight excluding hydrogens is 256 g/mol. The maximum Gasteiger partial charge on any atom is 0.126 e. The molecule has 0 spiro atoms. The maximum atomic E-state index is 13.2. The number of halogens is 2. The Balaban J connectivity index is 1.93. The summed E-state index contributed by atoms with van der Waals surface area (Å²) >= 11 is 0. The highest BCUT2D eigenvalue weighted by Crippen LogP contribution is 2.27. The Labute approximate surface area is 120 Å². The SMILES string of the molecule is CNC(Cc1cc(F)cc(F)c1)CC1CCCCCC1. The van der Waals surface area contributed by atoms with E-state index in [1.165, 1.54) is 50.7 Å². The van der Waals surface area contributed by atoms with Crippen molar-refractivity contribution >= 4 is 0 Å². The van der Waals surface area contributed by atoms with Crippen molar-refractivity contribution < 1.29 is 8.78 Å². The van der Waals surface area contributed by atoms with E-state index in [0.29, 0.717) is 12.5 Å². The van der Waals surface area contributed by atoms with E-state index in [1.807, 2.05) is 7.05 Å². The van der Waals surface area contributed by atoms with E-state index in [-0.39, 0.29) is 0 Å². The number of rotatable bonds is 5. The van der Waals surface area contributed by atoms with Crippen LogP contribution in [0.1, 0.15) is 50.5 Å². The molecule has 0 aliphatic heterocycles. The molecule has 1 aromatic rings. The zero-order valence-electron chi connectivity index (χ0n) is 12.3. The van der Waals surface area contributed by atoms with Crippen molar-refractivity contribution in [3.05, 3.63) is 35.4 Å². The van der Waals surface area contributed by atoms with Crippen molar-refractivity contribution in [2.24, 2.45) is 5.92 Å². The molecule has 0 saturated heterocycles. The first-order valence-electron chi connectivity index (χ1n) is 7.79. The van der Waals surface area contributed by atoms with Crippen molar-refractivity contribution in [3.63, 3.8) is 0 Å². The van der Waals surface area contributed by atoms with Gasteiger partial charge in [-0.05, 0) is 43.5 Å². The molecule has 1 saturated carbocycles. The summed E-state index contributed by atoms with van der Waals surface area (Å²) in [6, 6.07) is 4.13. The van der Waals surface area contributed by atoms with E-state index in [2.05, 4.69) is 5.32 Å². The zero-order valence-corrected chi connectivity index (χ0v) is 12.3. The molecule has 1 aliphatic carbocycles. The predicted octanol–water partition coefficient (Wildman–Crippen LogP) is 4.46. The summed E-state index contributed by atoms with van der Waals surface area (Å²) in [5.41, 5.74) is 0.746. The molecule has 112 valence electrons. The summed E-state index contributed by atoms with van der Waals surface area (Å²) in [5.74, 6) is -0.206. The monoisotopic (exact) mass is 281 g/mol. The van der Waals surface area contributed by atoms with Gasteiger partial charge in [-0.2, -0.15) is 0 Å². The average molecular weight is 281 g/mol. The number of hydrogen-bond acceptors (Lipinski definition) is 1. The molecule has 0 aromatic heterocycles. The Morgan fingerprint density at radius 3 is 2.20 bits per heavy atom. The average Bonchev–Trinajstić information content (AvgIpc) is 2.65. The molecule has 0 radical (unpaired) electrons. The zero-order chi connectivity index (χ0) is 14.4. The van der Waals surface area contributed by atoms with E-state index in [9.17, 15) is 8.78 Å². The second kappa shape index (κ2) is 7.72. The normalized spacial score (nSPS) is 18.8. The molecule has 2 rings (SSSR count). The third kappa shape index (κ3) is 4.86. The van der Waals surface area contributed by atoms with Crippen LogP contribution in [0.2, 0.25) is 0 Å². The van der Waals surface area contributed by atoms with E-state index in [0.717, 1.165) is 24.0 Å². The highest BCUT2D eigenvalue weighted by atomic mass is 19.1.